The number of aryl methyl sites for hydroxylation is 2. The highest BCUT2D eigenvalue weighted by Gasteiger charge is 2.18. The van der Waals surface area contributed by atoms with Gasteiger partial charge in [0.2, 0.25) is 0 Å². The van der Waals surface area contributed by atoms with Crippen LogP contribution in [-0.2, 0) is 10.0 Å². The van der Waals surface area contributed by atoms with Gasteiger partial charge in [-0.25, -0.2) is 13.4 Å². The van der Waals surface area contributed by atoms with Crippen LogP contribution in [0, 0.1) is 13.8 Å². The van der Waals surface area contributed by atoms with E-state index in [1.165, 1.54) is 18.6 Å². The highest BCUT2D eigenvalue weighted by atomic mass is 32.2. The molecule has 0 bridgehead atoms. The molecule has 0 spiro atoms. The summed E-state index contributed by atoms with van der Waals surface area (Å²) in [4.78, 5) is 18.6. The molecular weight excluding hydrogens is 352 g/mol. The lowest BCUT2D eigenvalue weighted by Crippen LogP contribution is -2.42. The van der Waals surface area contributed by atoms with E-state index in [9.17, 15) is 13.2 Å². The Kier molecular flexibility index (Phi) is 4.88. The molecule has 8 heteroatoms. The van der Waals surface area contributed by atoms with Gasteiger partial charge >= 0.3 is 0 Å². The molecule has 0 aliphatic carbocycles. The summed E-state index contributed by atoms with van der Waals surface area (Å²) in [7, 11) is -3.87. The Hall–Kier alpha value is -2.97. The summed E-state index contributed by atoms with van der Waals surface area (Å²) in [6, 6.07) is 13.9. The van der Waals surface area contributed by atoms with Gasteiger partial charge in [0.15, 0.2) is 0 Å². The Bertz CT molecular complexity index is 1040. The highest BCUT2D eigenvalue weighted by Crippen LogP contribution is 2.14. The Morgan fingerprint density at radius 2 is 1.77 bits per heavy atom. The van der Waals surface area contributed by atoms with Gasteiger partial charge in [0.05, 0.1) is 17.4 Å². The van der Waals surface area contributed by atoms with Crippen LogP contribution in [0.4, 0.5) is 0 Å². The molecular formula is C18H18N4O3S. The number of para-hydroxylation sites is 1. The molecule has 0 saturated heterocycles. The van der Waals surface area contributed by atoms with Gasteiger partial charge in [0.1, 0.15) is 5.69 Å². The Morgan fingerprint density at radius 1 is 1.04 bits per heavy atom. The number of sulfonamides is 1. The number of hydrogen-bond donors (Lipinski definition) is 2. The van der Waals surface area contributed by atoms with E-state index in [-0.39, 0.29) is 10.6 Å². The average molecular weight is 370 g/mol. The summed E-state index contributed by atoms with van der Waals surface area (Å²) in [6.45, 7) is 3.72. The maximum atomic E-state index is 12.4. The Morgan fingerprint density at radius 3 is 2.46 bits per heavy atom. The summed E-state index contributed by atoms with van der Waals surface area (Å²) in [5.74, 6) is -0.612. The fourth-order valence-electron chi connectivity index (χ4n) is 2.37. The second-order valence-corrected chi connectivity index (χ2v) is 7.47. The van der Waals surface area contributed by atoms with Crippen LogP contribution in [0.25, 0.3) is 5.69 Å². The van der Waals surface area contributed by atoms with Gasteiger partial charge < -0.3 is 0 Å². The molecule has 1 amide bonds. The molecule has 0 unspecified atom stereocenters. The van der Waals surface area contributed by atoms with Crippen molar-refractivity contribution in [3.63, 3.8) is 0 Å². The minimum absolute atomic E-state index is 0.0810. The van der Waals surface area contributed by atoms with Gasteiger partial charge in [0.25, 0.3) is 15.9 Å². The molecule has 0 aliphatic rings. The summed E-state index contributed by atoms with van der Waals surface area (Å²) in [5.41, 5.74) is 5.01. The smallest absolute Gasteiger partial charge is 0.284 e. The van der Waals surface area contributed by atoms with Gasteiger partial charge in [-0.2, -0.15) is 0 Å². The lowest BCUT2D eigenvalue weighted by molar-refractivity contribution is 0.0938. The molecule has 0 radical (unpaired) electrons. The maximum Gasteiger partial charge on any atom is 0.284 e. The first kappa shape index (κ1) is 17.8. The van der Waals surface area contributed by atoms with Crippen molar-refractivity contribution in [3.8, 4) is 5.69 Å². The average Bonchev–Trinajstić information content (AvgIpc) is 3.12. The van der Waals surface area contributed by atoms with Crippen molar-refractivity contribution in [2.45, 2.75) is 18.7 Å². The van der Waals surface area contributed by atoms with Crippen molar-refractivity contribution in [3.05, 3.63) is 77.9 Å². The minimum Gasteiger partial charge on any atom is -0.295 e. The van der Waals surface area contributed by atoms with Gasteiger partial charge in [-0.3, -0.25) is 14.8 Å². The Labute approximate surface area is 151 Å². The molecule has 7 nitrogen and oxygen atoms in total. The normalized spacial score (nSPS) is 11.3. The predicted octanol–water partition coefficient (Wildman–Crippen LogP) is 2.11. The van der Waals surface area contributed by atoms with E-state index in [4.69, 9.17) is 0 Å². The Balaban J connectivity index is 1.77. The van der Waals surface area contributed by atoms with Crippen molar-refractivity contribution in [2.75, 3.05) is 0 Å². The van der Waals surface area contributed by atoms with Crippen molar-refractivity contribution in [1.82, 2.24) is 19.8 Å². The van der Waals surface area contributed by atoms with Crippen molar-refractivity contribution >= 4 is 15.9 Å². The standard InChI is InChI=1S/C18H18N4O3S/c1-13-8-9-16(10-14(13)2)26(24,25)21-20-18(23)17-11-19-12-22(17)15-6-4-3-5-7-15/h3-12,21H,1-2H3,(H,20,23). The van der Waals surface area contributed by atoms with E-state index in [2.05, 4.69) is 15.2 Å². The largest absolute Gasteiger partial charge is 0.295 e. The quantitative estimate of drug-likeness (QED) is 0.673. The van der Waals surface area contributed by atoms with E-state index < -0.39 is 15.9 Å². The van der Waals surface area contributed by atoms with Crippen LogP contribution in [0.5, 0.6) is 0 Å². The topological polar surface area (TPSA) is 93.1 Å². The molecule has 2 N–H and O–H groups in total. The number of imidazole rings is 1. The number of rotatable bonds is 5. The molecule has 0 atom stereocenters. The van der Waals surface area contributed by atoms with Gasteiger partial charge in [-0.05, 0) is 49.2 Å². The second-order valence-electron chi connectivity index (χ2n) is 5.79. The third-order valence-electron chi connectivity index (χ3n) is 3.99. The lowest BCUT2D eigenvalue weighted by atomic mass is 10.1. The second kappa shape index (κ2) is 7.11. The minimum atomic E-state index is -3.87. The number of carbonyl (C=O) groups excluding carboxylic acids is 1. The summed E-state index contributed by atoms with van der Waals surface area (Å²) in [6.07, 6.45) is 2.86. The molecule has 3 rings (SSSR count). The fraction of sp³-hybridized carbons (Fsp3) is 0.111. The number of nitrogens with zero attached hydrogens (tertiary/aromatic N) is 2. The number of amides is 1. The van der Waals surface area contributed by atoms with E-state index in [0.717, 1.165) is 16.8 Å². The lowest BCUT2D eigenvalue weighted by Gasteiger charge is -2.11. The maximum absolute atomic E-state index is 12.4. The molecule has 0 aliphatic heterocycles. The van der Waals surface area contributed by atoms with E-state index in [0.29, 0.717) is 0 Å². The zero-order valence-corrected chi connectivity index (χ0v) is 15.1. The number of carbonyl (C=O) groups is 1. The van der Waals surface area contributed by atoms with Gasteiger partial charge in [0, 0.05) is 5.69 Å². The van der Waals surface area contributed by atoms with Crippen LogP contribution < -0.4 is 10.3 Å². The first-order valence-corrected chi connectivity index (χ1v) is 9.34. The zero-order chi connectivity index (χ0) is 18.7. The van der Waals surface area contributed by atoms with Crippen LogP contribution in [0.2, 0.25) is 0 Å². The summed E-state index contributed by atoms with van der Waals surface area (Å²) < 4.78 is 26.3. The first-order chi connectivity index (χ1) is 12.4. The van der Waals surface area contributed by atoms with E-state index in [1.54, 1.807) is 16.7 Å². The number of benzene rings is 2. The molecule has 3 aromatic rings. The molecule has 0 fully saturated rings. The predicted molar refractivity (Wildman–Crippen MR) is 97.3 cm³/mol. The van der Waals surface area contributed by atoms with Crippen LogP contribution in [-0.4, -0.2) is 23.9 Å². The molecule has 1 aromatic heterocycles. The van der Waals surface area contributed by atoms with Crippen LogP contribution >= 0.6 is 0 Å². The number of hydrogen-bond acceptors (Lipinski definition) is 4. The summed E-state index contributed by atoms with van der Waals surface area (Å²) >= 11 is 0. The van der Waals surface area contributed by atoms with Gasteiger partial charge in [-0.1, -0.05) is 24.3 Å². The van der Waals surface area contributed by atoms with Crippen molar-refractivity contribution in [2.24, 2.45) is 0 Å². The third kappa shape index (κ3) is 3.66. The molecule has 26 heavy (non-hydrogen) atoms. The zero-order valence-electron chi connectivity index (χ0n) is 14.3. The molecule has 2 aromatic carbocycles. The van der Waals surface area contributed by atoms with Crippen molar-refractivity contribution < 1.29 is 13.2 Å². The summed E-state index contributed by atoms with van der Waals surface area (Å²) in [5, 5.41) is 0. The van der Waals surface area contributed by atoms with Crippen LogP contribution in [0.15, 0.2) is 66.0 Å². The fourth-order valence-corrected chi connectivity index (χ4v) is 3.30. The number of aromatic nitrogens is 2. The van der Waals surface area contributed by atoms with E-state index in [1.807, 2.05) is 44.2 Å². The molecule has 1 heterocycles. The monoisotopic (exact) mass is 370 g/mol. The van der Waals surface area contributed by atoms with Gasteiger partial charge in [-0.15, -0.1) is 4.83 Å². The molecule has 0 saturated carbocycles. The number of hydrazine groups is 1. The first-order valence-electron chi connectivity index (χ1n) is 7.85. The van der Waals surface area contributed by atoms with Crippen LogP contribution in [0.3, 0.4) is 0 Å². The highest BCUT2D eigenvalue weighted by molar-refractivity contribution is 7.89. The number of nitrogens with one attached hydrogen (secondary N) is 2. The van der Waals surface area contributed by atoms with Crippen LogP contribution in [0.1, 0.15) is 21.6 Å². The van der Waals surface area contributed by atoms with E-state index >= 15 is 0 Å². The SMILES string of the molecule is Cc1ccc(S(=O)(=O)NNC(=O)c2cncn2-c2ccccc2)cc1C. The van der Waals surface area contributed by atoms with Crippen molar-refractivity contribution in [1.29, 1.82) is 0 Å². The molecule has 134 valence electrons. The third-order valence-corrected chi connectivity index (χ3v) is 5.24.